The Kier molecular flexibility index (Phi) is 3.56. The normalized spacial score (nSPS) is 10.5. The summed E-state index contributed by atoms with van der Waals surface area (Å²) in [6.45, 7) is 0. The molecule has 5 heteroatoms. The fourth-order valence-electron chi connectivity index (χ4n) is 1.53. The molecule has 0 fully saturated rings. The van der Waals surface area contributed by atoms with E-state index in [2.05, 4.69) is 5.10 Å². The number of benzene rings is 1. The smallest absolute Gasteiger partial charge is 0.169 e. The fraction of sp³-hybridized carbons (Fsp3) is 0.167. The van der Waals surface area contributed by atoms with E-state index in [1.807, 2.05) is 22.6 Å². The van der Waals surface area contributed by atoms with Crippen LogP contribution in [0.1, 0.15) is 16.1 Å². The molecule has 1 aromatic carbocycles. The van der Waals surface area contributed by atoms with Gasteiger partial charge in [0, 0.05) is 22.4 Å². The Labute approximate surface area is 112 Å². The number of nitrogens with zero attached hydrogens (tertiary/aromatic N) is 2. The van der Waals surface area contributed by atoms with Crippen molar-refractivity contribution in [2.45, 2.75) is 6.42 Å². The molecule has 0 bridgehead atoms. The molecule has 0 saturated carbocycles. The minimum atomic E-state index is -0.330. The second-order valence-electron chi connectivity index (χ2n) is 3.70. The summed E-state index contributed by atoms with van der Waals surface area (Å²) < 4.78 is 15.2. The zero-order valence-electron chi connectivity index (χ0n) is 9.15. The number of ketones is 1. The summed E-state index contributed by atoms with van der Waals surface area (Å²) in [5.74, 6) is -0.378. The molecule has 0 aliphatic carbocycles. The molecule has 0 radical (unpaired) electrons. The fourth-order valence-corrected chi connectivity index (χ4v) is 2.31. The van der Waals surface area contributed by atoms with E-state index in [0.29, 0.717) is 9.13 Å². The lowest BCUT2D eigenvalue weighted by molar-refractivity contribution is 0.0991. The van der Waals surface area contributed by atoms with Crippen molar-refractivity contribution in [2.24, 2.45) is 7.05 Å². The number of carbonyl (C=O) groups excluding carboxylic acids is 1. The molecular weight excluding hydrogens is 334 g/mol. The number of halogens is 2. The molecule has 17 heavy (non-hydrogen) atoms. The number of hydrogen-bond acceptors (Lipinski definition) is 2. The van der Waals surface area contributed by atoms with Crippen LogP contribution in [0, 0.1) is 9.39 Å². The lowest BCUT2D eigenvalue weighted by Gasteiger charge is -2.02. The maximum atomic E-state index is 12.9. The number of Topliss-reactive ketones (excluding diaryl/α,β-unsaturated/α-hetero) is 1. The summed E-state index contributed by atoms with van der Waals surface area (Å²) in [6.07, 6.45) is 2.03. The first-order valence-corrected chi connectivity index (χ1v) is 6.11. The van der Waals surface area contributed by atoms with E-state index in [0.717, 1.165) is 5.69 Å². The van der Waals surface area contributed by atoms with Gasteiger partial charge in [0.15, 0.2) is 5.78 Å². The lowest BCUT2D eigenvalue weighted by atomic mass is 10.1. The Bertz CT molecular complexity index is 565. The first kappa shape index (κ1) is 12.2. The van der Waals surface area contributed by atoms with Crippen molar-refractivity contribution in [1.29, 1.82) is 0 Å². The summed E-state index contributed by atoms with van der Waals surface area (Å²) >= 11 is 1.96. The molecule has 2 aromatic rings. The van der Waals surface area contributed by atoms with Crippen LogP contribution in [-0.2, 0) is 13.5 Å². The zero-order chi connectivity index (χ0) is 12.4. The standard InChI is InChI=1S/C12H10FIN2O/c1-16-5-4-9(15-16)7-12(17)10-3-2-8(13)6-11(10)14/h2-6H,7H2,1H3. The molecule has 3 nitrogen and oxygen atoms in total. The van der Waals surface area contributed by atoms with Crippen LogP contribution in [0.4, 0.5) is 4.39 Å². The Morgan fingerprint density at radius 1 is 1.47 bits per heavy atom. The van der Waals surface area contributed by atoms with Gasteiger partial charge in [-0.25, -0.2) is 4.39 Å². The molecule has 0 unspecified atom stereocenters. The van der Waals surface area contributed by atoms with Gasteiger partial charge >= 0.3 is 0 Å². The van der Waals surface area contributed by atoms with Crippen molar-refractivity contribution in [3.63, 3.8) is 0 Å². The minimum absolute atomic E-state index is 0.0481. The Hall–Kier alpha value is -1.24. The second kappa shape index (κ2) is 4.95. The predicted molar refractivity (Wildman–Crippen MR) is 70.4 cm³/mol. The minimum Gasteiger partial charge on any atom is -0.294 e. The Morgan fingerprint density at radius 2 is 2.24 bits per heavy atom. The predicted octanol–water partition coefficient (Wildman–Crippen LogP) is 2.59. The third-order valence-corrected chi connectivity index (χ3v) is 3.23. The van der Waals surface area contributed by atoms with Crippen LogP contribution >= 0.6 is 22.6 Å². The number of rotatable bonds is 3. The van der Waals surface area contributed by atoms with E-state index >= 15 is 0 Å². The molecule has 0 amide bonds. The SMILES string of the molecule is Cn1ccc(CC(=O)c2ccc(F)cc2I)n1. The van der Waals surface area contributed by atoms with E-state index in [9.17, 15) is 9.18 Å². The maximum Gasteiger partial charge on any atom is 0.169 e. The molecule has 1 heterocycles. The molecule has 0 saturated heterocycles. The Balaban J connectivity index is 2.20. The summed E-state index contributed by atoms with van der Waals surface area (Å²) in [4.78, 5) is 12.0. The molecule has 0 spiro atoms. The molecule has 1 aromatic heterocycles. The van der Waals surface area contributed by atoms with Crippen molar-refractivity contribution < 1.29 is 9.18 Å². The lowest BCUT2D eigenvalue weighted by Crippen LogP contribution is -2.07. The highest BCUT2D eigenvalue weighted by molar-refractivity contribution is 14.1. The van der Waals surface area contributed by atoms with Crippen LogP contribution in [0.2, 0.25) is 0 Å². The van der Waals surface area contributed by atoms with E-state index in [4.69, 9.17) is 0 Å². The van der Waals surface area contributed by atoms with Gasteiger partial charge in [-0.1, -0.05) is 0 Å². The van der Waals surface area contributed by atoms with E-state index < -0.39 is 0 Å². The van der Waals surface area contributed by atoms with Gasteiger partial charge in [0.1, 0.15) is 5.82 Å². The van der Waals surface area contributed by atoms with Crippen molar-refractivity contribution in [3.05, 3.63) is 51.1 Å². The molecular formula is C12H10FIN2O. The van der Waals surface area contributed by atoms with Gasteiger partial charge in [0.25, 0.3) is 0 Å². The van der Waals surface area contributed by atoms with E-state index in [1.165, 1.54) is 18.2 Å². The maximum absolute atomic E-state index is 12.9. The van der Waals surface area contributed by atoms with Crippen molar-refractivity contribution in [3.8, 4) is 0 Å². The van der Waals surface area contributed by atoms with Crippen LogP contribution in [-0.4, -0.2) is 15.6 Å². The third-order valence-electron chi connectivity index (χ3n) is 2.34. The van der Waals surface area contributed by atoms with E-state index in [1.54, 1.807) is 24.0 Å². The van der Waals surface area contributed by atoms with Crippen LogP contribution in [0.25, 0.3) is 0 Å². The molecule has 2 rings (SSSR count). The van der Waals surface area contributed by atoms with Gasteiger partial charge in [-0.3, -0.25) is 9.48 Å². The highest BCUT2D eigenvalue weighted by atomic mass is 127. The van der Waals surface area contributed by atoms with Crippen molar-refractivity contribution in [1.82, 2.24) is 9.78 Å². The average Bonchev–Trinajstić information content (AvgIpc) is 2.63. The van der Waals surface area contributed by atoms with Crippen LogP contribution in [0.15, 0.2) is 30.5 Å². The number of hydrogen-bond donors (Lipinski definition) is 0. The van der Waals surface area contributed by atoms with Gasteiger partial charge in [-0.05, 0) is 46.9 Å². The summed E-state index contributed by atoms with van der Waals surface area (Å²) in [5, 5.41) is 4.14. The molecule has 0 atom stereocenters. The summed E-state index contributed by atoms with van der Waals surface area (Å²) in [5.41, 5.74) is 1.26. The quantitative estimate of drug-likeness (QED) is 0.634. The highest BCUT2D eigenvalue weighted by Gasteiger charge is 2.12. The van der Waals surface area contributed by atoms with Gasteiger partial charge < -0.3 is 0 Å². The number of carbonyl (C=O) groups is 1. The first-order chi connectivity index (χ1) is 8.06. The van der Waals surface area contributed by atoms with E-state index in [-0.39, 0.29) is 18.0 Å². The van der Waals surface area contributed by atoms with Gasteiger partial charge in [0.05, 0.1) is 12.1 Å². The molecule has 0 aliphatic heterocycles. The third kappa shape index (κ3) is 2.91. The molecule has 0 N–H and O–H groups in total. The average molecular weight is 344 g/mol. The highest BCUT2D eigenvalue weighted by Crippen LogP contribution is 2.16. The molecule has 88 valence electrons. The van der Waals surface area contributed by atoms with Crippen LogP contribution in [0.3, 0.4) is 0 Å². The van der Waals surface area contributed by atoms with Crippen LogP contribution < -0.4 is 0 Å². The number of aryl methyl sites for hydroxylation is 1. The second-order valence-corrected chi connectivity index (χ2v) is 4.87. The monoisotopic (exact) mass is 344 g/mol. The Morgan fingerprint density at radius 3 is 2.82 bits per heavy atom. The first-order valence-electron chi connectivity index (χ1n) is 5.03. The summed E-state index contributed by atoms with van der Waals surface area (Å²) in [6, 6.07) is 5.97. The number of aromatic nitrogens is 2. The van der Waals surface area contributed by atoms with Gasteiger partial charge in [-0.15, -0.1) is 0 Å². The van der Waals surface area contributed by atoms with Crippen molar-refractivity contribution in [2.75, 3.05) is 0 Å². The topological polar surface area (TPSA) is 34.9 Å². The zero-order valence-corrected chi connectivity index (χ0v) is 11.3. The largest absolute Gasteiger partial charge is 0.294 e. The van der Waals surface area contributed by atoms with Crippen molar-refractivity contribution >= 4 is 28.4 Å². The van der Waals surface area contributed by atoms with Gasteiger partial charge in [-0.2, -0.15) is 5.10 Å². The summed E-state index contributed by atoms with van der Waals surface area (Å²) in [7, 11) is 1.80. The molecule has 0 aliphatic rings. The van der Waals surface area contributed by atoms with Gasteiger partial charge in [0.2, 0.25) is 0 Å². The van der Waals surface area contributed by atoms with Crippen LogP contribution in [0.5, 0.6) is 0 Å².